The van der Waals surface area contributed by atoms with Crippen molar-refractivity contribution in [2.75, 3.05) is 12.4 Å². The molecule has 6 heteroatoms. The molecule has 0 aliphatic carbocycles. The molecule has 31 heavy (non-hydrogen) atoms. The number of methoxy groups -OCH3 is 1. The second-order valence-corrected chi connectivity index (χ2v) is 6.83. The number of hydrogen-bond acceptors (Lipinski definition) is 5. The highest BCUT2D eigenvalue weighted by atomic mass is 16.5. The average molecular weight is 414 g/mol. The van der Waals surface area contributed by atoms with Crippen LogP contribution in [0.4, 0.5) is 5.69 Å². The van der Waals surface area contributed by atoms with E-state index >= 15 is 0 Å². The maximum atomic E-state index is 12.3. The van der Waals surface area contributed by atoms with E-state index in [0.717, 1.165) is 17.1 Å². The van der Waals surface area contributed by atoms with Crippen LogP contribution in [0.2, 0.25) is 0 Å². The van der Waals surface area contributed by atoms with Crippen molar-refractivity contribution in [2.45, 2.75) is 12.8 Å². The number of benzene rings is 3. The molecule has 4 rings (SSSR count). The molecular formula is C25H22N2O4. The second kappa shape index (κ2) is 9.63. The van der Waals surface area contributed by atoms with E-state index in [9.17, 15) is 4.79 Å². The van der Waals surface area contributed by atoms with Gasteiger partial charge in [-0.2, -0.15) is 0 Å². The Labute approximate surface area is 180 Å². The van der Waals surface area contributed by atoms with Gasteiger partial charge in [-0.3, -0.25) is 4.79 Å². The number of aromatic nitrogens is 1. The first kappa shape index (κ1) is 20.2. The molecule has 1 N–H and O–H groups in total. The Morgan fingerprint density at radius 2 is 1.58 bits per heavy atom. The minimum Gasteiger partial charge on any atom is -0.497 e. The van der Waals surface area contributed by atoms with E-state index in [1.165, 1.54) is 0 Å². The lowest BCUT2D eigenvalue weighted by Gasteiger charge is -2.08. The summed E-state index contributed by atoms with van der Waals surface area (Å²) >= 11 is 0. The predicted octanol–water partition coefficient (Wildman–Crippen LogP) is 5.71. The Hall–Kier alpha value is -4.06. The van der Waals surface area contributed by atoms with E-state index in [4.69, 9.17) is 13.9 Å². The number of ether oxygens (including phenoxy) is 2. The fraction of sp³-hybridized carbons (Fsp3) is 0.120. The largest absolute Gasteiger partial charge is 0.497 e. The summed E-state index contributed by atoms with van der Waals surface area (Å²) in [5, 5.41) is 2.88. The Morgan fingerprint density at radius 3 is 2.29 bits per heavy atom. The third-order valence-corrected chi connectivity index (χ3v) is 4.61. The molecule has 0 saturated carbocycles. The summed E-state index contributed by atoms with van der Waals surface area (Å²) in [5.74, 6) is 3.31. The zero-order valence-corrected chi connectivity index (χ0v) is 17.1. The van der Waals surface area contributed by atoms with Crippen molar-refractivity contribution in [1.82, 2.24) is 4.98 Å². The number of anilines is 1. The van der Waals surface area contributed by atoms with Gasteiger partial charge in [0.15, 0.2) is 11.7 Å². The molecule has 1 aromatic heterocycles. The molecule has 0 atom stereocenters. The minimum atomic E-state index is -0.110. The third-order valence-electron chi connectivity index (χ3n) is 4.61. The predicted molar refractivity (Wildman–Crippen MR) is 118 cm³/mol. The van der Waals surface area contributed by atoms with Crippen LogP contribution in [-0.2, 0) is 11.2 Å². The monoisotopic (exact) mass is 414 g/mol. The van der Waals surface area contributed by atoms with Gasteiger partial charge in [-0.25, -0.2) is 4.98 Å². The molecule has 4 aromatic rings. The van der Waals surface area contributed by atoms with Crippen LogP contribution in [0.15, 0.2) is 89.5 Å². The van der Waals surface area contributed by atoms with E-state index in [1.54, 1.807) is 13.3 Å². The molecule has 1 heterocycles. The molecule has 0 unspecified atom stereocenters. The zero-order valence-electron chi connectivity index (χ0n) is 17.1. The topological polar surface area (TPSA) is 73.6 Å². The first-order chi connectivity index (χ1) is 15.2. The van der Waals surface area contributed by atoms with Crippen LogP contribution in [0.3, 0.4) is 0 Å². The lowest BCUT2D eigenvalue weighted by atomic mass is 10.2. The van der Waals surface area contributed by atoms with Gasteiger partial charge in [0, 0.05) is 24.1 Å². The first-order valence-electron chi connectivity index (χ1n) is 9.91. The maximum Gasteiger partial charge on any atom is 0.224 e. The van der Waals surface area contributed by atoms with Gasteiger partial charge in [0.25, 0.3) is 0 Å². The number of amides is 1. The zero-order chi connectivity index (χ0) is 21.5. The molecule has 0 spiro atoms. The van der Waals surface area contributed by atoms with Crippen molar-refractivity contribution >= 4 is 11.6 Å². The van der Waals surface area contributed by atoms with Crippen molar-refractivity contribution < 1.29 is 18.7 Å². The van der Waals surface area contributed by atoms with Gasteiger partial charge in [-0.1, -0.05) is 18.2 Å². The van der Waals surface area contributed by atoms with Gasteiger partial charge in [0.2, 0.25) is 5.91 Å². The number of carbonyl (C=O) groups is 1. The molecule has 0 aliphatic rings. The molecule has 0 radical (unpaired) electrons. The summed E-state index contributed by atoms with van der Waals surface area (Å²) in [6.45, 7) is 0. The lowest BCUT2D eigenvalue weighted by Crippen LogP contribution is -2.12. The Bertz CT molecular complexity index is 1120. The molecule has 0 aliphatic heterocycles. The van der Waals surface area contributed by atoms with Gasteiger partial charge in [0.1, 0.15) is 17.2 Å². The molecule has 3 aromatic carbocycles. The summed E-state index contributed by atoms with van der Waals surface area (Å²) in [6, 6.07) is 24.3. The van der Waals surface area contributed by atoms with E-state index in [0.29, 0.717) is 29.5 Å². The van der Waals surface area contributed by atoms with E-state index in [1.807, 2.05) is 78.9 Å². The smallest absolute Gasteiger partial charge is 0.224 e. The number of oxazole rings is 1. The van der Waals surface area contributed by atoms with E-state index in [-0.39, 0.29) is 12.3 Å². The highest BCUT2D eigenvalue weighted by Gasteiger charge is 2.10. The first-order valence-corrected chi connectivity index (χ1v) is 9.91. The number of aryl methyl sites for hydroxylation is 1. The normalized spacial score (nSPS) is 10.5. The SMILES string of the molecule is COc1ccc(-c2cnc(CCC(=O)Nc3ccc(Oc4ccccc4)cc3)o2)cc1. The van der Waals surface area contributed by atoms with Gasteiger partial charge in [-0.15, -0.1) is 0 Å². The van der Waals surface area contributed by atoms with Crippen molar-refractivity contribution in [1.29, 1.82) is 0 Å². The fourth-order valence-electron chi connectivity index (χ4n) is 2.99. The number of nitrogens with zero attached hydrogens (tertiary/aromatic N) is 1. The minimum absolute atomic E-state index is 0.110. The van der Waals surface area contributed by atoms with Crippen LogP contribution in [-0.4, -0.2) is 18.0 Å². The van der Waals surface area contributed by atoms with Crippen molar-refractivity contribution in [2.24, 2.45) is 0 Å². The molecule has 1 amide bonds. The van der Waals surface area contributed by atoms with Crippen molar-refractivity contribution in [3.05, 3.63) is 91.0 Å². The summed E-state index contributed by atoms with van der Waals surface area (Å²) < 4.78 is 16.7. The summed E-state index contributed by atoms with van der Waals surface area (Å²) in [5.41, 5.74) is 1.61. The quantitative estimate of drug-likeness (QED) is 0.399. The van der Waals surface area contributed by atoms with Gasteiger partial charge in [-0.05, 0) is 60.7 Å². The van der Waals surface area contributed by atoms with Crippen LogP contribution in [0.1, 0.15) is 12.3 Å². The molecule has 0 fully saturated rings. The van der Waals surface area contributed by atoms with Crippen molar-refractivity contribution in [3.8, 4) is 28.6 Å². The summed E-state index contributed by atoms with van der Waals surface area (Å²) in [4.78, 5) is 16.6. The van der Waals surface area contributed by atoms with Crippen LogP contribution in [0.25, 0.3) is 11.3 Å². The standard InChI is InChI=1S/C25H22N2O4/c1-29-20-11-7-18(8-12-20)23-17-26-25(31-23)16-15-24(28)27-19-9-13-22(14-10-19)30-21-5-3-2-4-6-21/h2-14,17H,15-16H2,1H3,(H,27,28). The Kier molecular flexibility index (Phi) is 6.28. The highest BCUT2D eigenvalue weighted by molar-refractivity contribution is 5.90. The highest BCUT2D eigenvalue weighted by Crippen LogP contribution is 2.24. The van der Waals surface area contributed by atoms with Gasteiger partial charge in [0.05, 0.1) is 13.3 Å². The van der Waals surface area contributed by atoms with E-state index < -0.39 is 0 Å². The molecule has 156 valence electrons. The number of rotatable bonds is 8. The average Bonchev–Trinajstić information content (AvgIpc) is 3.29. The summed E-state index contributed by atoms with van der Waals surface area (Å²) in [6.07, 6.45) is 2.35. The lowest BCUT2D eigenvalue weighted by molar-refractivity contribution is -0.116. The number of nitrogens with one attached hydrogen (secondary N) is 1. The van der Waals surface area contributed by atoms with Gasteiger partial charge >= 0.3 is 0 Å². The number of hydrogen-bond donors (Lipinski definition) is 1. The fourth-order valence-corrected chi connectivity index (χ4v) is 2.99. The Balaban J connectivity index is 1.28. The number of para-hydroxylation sites is 1. The maximum absolute atomic E-state index is 12.3. The number of carbonyl (C=O) groups excluding carboxylic acids is 1. The molecule has 6 nitrogen and oxygen atoms in total. The third kappa shape index (κ3) is 5.51. The van der Waals surface area contributed by atoms with Crippen LogP contribution < -0.4 is 14.8 Å². The van der Waals surface area contributed by atoms with Crippen LogP contribution in [0.5, 0.6) is 17.2 Å². The summed E-state index contributed by atoms with van der Waals surface area (Å²) in [7, 11) is 1.62. The van der Waals surface area contributed by atoms with Crippen LogP contribution >= 0.6 is 0 Å². The van der Waals surface area contributed by atoms with Crippen LogP contribution in [0, 0.1) is 0 Å². The Morgan fingerprint density at radius 1 is 0.903 bits per heavy atom. The van der Waals surface area contributed by atoms with E-state index in [2.05, 4.69) is 10.3 Å². The van der Waals surface area contributed by atoms with Gasteiger partial charge < -0.3 is 19.2 Å². The second-order valence-electron chi connectivity index (χ2n) is 6.83. The molecular weight excluding hydrogens is 392 g/mol. The molecule has 0 saturated heterocycles. The molecule has 0 bridgehead atoms. The van der Waals surface area contributed by atoms with Crippen molar-refractivity contribution in [3.63, 3.8) is 0 Å².